The molecule has 0 spiro atoms. The number of amides is 1. The van der Waals surface area contributed by atoms with Gasteiger partial charge in [0.25, 0.3) is 10.0 Å². The van der Waals surface area contributed by atoms with Crippen molar-refractivity contribution in [3.63, 3.8) is 0 Å². The predicted molar refractivity (Wildman–Crippen MR) is 61.5 cm³/mol. The zero-order valence-electron chi connectivity index (χ0n) is 9.52. The first-order valence-electron chi connectivity index (χ1n) is 4.97. The summed E-state index contributed by atoms with van der Waals surface area (Å²) >= 11 is 0. The zero-order valence-corrected chi connectivity index (χ0v) is 10.3. The number of nitrogens with zero attached hydrogens (tertiary/aromatic N) is 1. The largest absolute Gasteiger partial charge is 0.274 e. The highest BCUT2D eigenvalue weighted by atomic mass is 32.2. The molecule has 1 aromatic rings. The maximum absolute atomic E-state index is 11.9. The molecule has 0 aliphatic rings. The van der Waals surface area contributed by atoms with Gasteiger partial charge in [-0.2, -0.15) is 5.26 Å². The van der Waals surface area contributed by atoms with Gasteiger partial charge in [-0.05, 0) is 18.6 Å². The number of nitrogens with one attached hydrogen (secondary N) is 1. The van der Waals surface area contributed by atoms with Gasteiger partial charge in [0.05, 0.1) is 5.56 Å². The van der Waals surface area contributed by atoms with Crippen LogP contribution in [0.1, 0.15) is 24.5 Å². The van der Waals surface area contributed by atoms with E-state index in [2.05, 4.69) is 0 Å². The van der Waals surface area contributed by atoms with Gasteiger partial charge in [-0.3, -0.25) is 4.79 Å². The fraction of sp³-hybridized carbons (Fsp3) is 0.273. The molecule has 6 heteroatoms. The first kappa shape index (κ1) is 13.2. The molecule has 0 aliphatic carbocycles. The van der Waals surface area contributed by atoms with Crippen LogP contribution in [0.25, 0.3) is 0 Å². The first-order chi connectivity index (χ1) is 7.92. The third kappa shape index (κ3) is 2.82. The van der Waals surface area contributed by atoms with Gasteiger partial charge < -0.3 is 0 Å². The third-order valence-corrected chi connectivity index (χ3v) is 3.62. The van der Waals surface area contributed by atoms with Crippen molar-refractivity contribution in [3.8, 4) is 6.07 Å². The number of nitriles is 1. The van der Waals surface area contributed by atoms with Gasteiger partial charge in [-0.1, -0.05) is 19.1 Å². The minimum absolute atomic E-state index is 0.0592. The summed E-state index contributed by atoms with van der Waals surface area (Å²) in [6, 6.07) is 6.30. The van der Waals surface area contributed by atoms with E-state index in [1.807, 2.05) is 10.8 Å². The molecule has 90 valence electrons. The number of aryl methyl sites for hydroxylation is 1. The average molecular weight is 252 g/mol. The Bertz CT molecular complexity index is 585. The van der Waals surface area contributed by atoms with Gasteiger partial charge in [0.15, 0.2) is 0 Å². The molecule has 0 saturated heterocycles. The van der Waals surface area contributed by atoms with E-state index in [1.165, 1.54) is 12.1 Å². The Morgan fingerprint density at radius 3 is 2.65 bits per heavy atom. The summed E-state index contributed by atoms with van der Waals surface area (Å²) in [5.74, 6) is -0.601. The summed E-state index contributed by atoms with van der Waals surface area (Å²) in [4.78, 5) is 10.9. The molecular weight excluding hydrogens is 240 g/mol. The van der Waals surface area contributed by atoms with E-state index >= 15 is 0 Å². The van der Waals surface area contributed by atoms with Crippen LogP contribution in [0.4, 0.5) is 0 Å². The van der Waals surface area contributed by atoms with Gasteiger partial charge in [-0.25, -0.2) is 13.1 Å². The molecule has 0 bridgehead atoms. The van der Waals surface area contributed by atoms with E-state index in [4.69, 9.17) is 5.26 Å². The van der Waals surface area contributed by atoms with E-state index < -0.39 is 15.9 Å². The number of rotatable bonds is 3. The molecule has 1 amide bonds. The normalized spacial score (nSPS) is 10.6. The number of benzene rings is 1. The van der Waals surface area contributed by atoms with Crippen molar-refractivity contribution in [1.82, 2.24) is 4.72 Å². The van der Waals surface area contributed by atoms with Gasteiger partial charge in [0.2, 0.25) is 5.91 Å². The Balaban J connectivity index is 3.31. The van der Waals surface area contributed by atoms with E-state index in [9.17, 15) is 13.2 Å². The molecule has 1 N–H and O–H groups in total. The Labute approximate surface area is 100 Å². The Hall–Kier alpha value is -1.87. The second-order valence-corrected chi connectivity index (χ2v) is 5.09. The van der Waals surface area contributed by atoms with Crippen molar-refractivity contribution in [1.29, 1.82) is 5.26 Å². The van der Waals surface area contributed by atoms with Gasteiger partial charge in [-0.15, -0.1) is 0 Å². The lowest BCUT2D eigenvalue weighted by atomic mass is 10.1. The summed E-state index contributed by atoms with van der Waals surface area (Å²) in [5.41, 5.74) is 0.614. The second-order valence-electron chi connectivity index (χ2n) is 3.44. The number of hydrogen-bond acceptors (Lipinski definition) is 4. The van der Waals surface area contributed by atoms with E-state index in [1.54, 1.807) is 19.9 Å². The standard InChI is InChI=1S/C11H12N2O3S/c1-3-11(14)13-17(15,16)10-6-4-5-8(2)9(10)7-12/h4-6H,3H2,1-2H3,(H,13,14). The van der Waals surface area contributed by atoms with Crippen molar-refractivity contribution in [3.05, 3.63) is 29.3 Å². The molecule has 0 radical (unpaired) electrons. The summed E-state index contributed by atoms with van der Waals surface area (Å²) in [6.07, 6.45) is 0.0624. The van der Waals surface area contributed by atoms with Crippen LogP contribution in [0.15, 0.2) is 23.1 Å². The fourth-order valence-electron chi connectivity index (χ4n) is 1.29. The van der Waals surface area contributed by atoms with Crippen LogP contribution in [0.2, 0.25) is 0 Å². The number of carbonyl (C=O) groups is 1. The van der Waals surface area contributed by atoms with Crippen molar-refractivity contribution in [2.75, 3.05) is 0 Å². The minimum atomic E-state index is -3.96. The molecule has 1 aromatic carbocycles. The van der Waals surface area contributed by atoms with Crippen molar-refractivity contribution in [2.45, 2.75) is 25.2 Å². The van der Waals surface area contributed by atoms with Crippen LogP contribution in [0.5, 0.6) is 0 Å². The lowest BCUT2D eigenvalue weighted by molar-refractivity contribution is -0.119. The van der Waals surface area contributed by atoms with Crippen LogP contribution in [-0.2, 0) is 14.8 Å². The van der Waals surface area contributed by atoms with E-state index in [0.29, 0.717) is 5.56 Å². The smallest absolute Gasteiger partial charge is 0.265 e. The maximum atomic E-state index is 11.9. The maximum Gasteiger partial charge on any atom is 0.265 e. The highest BCUT2D eigenvalue weighted by Crippen LogP contribution is 2.18. The van der Waals surface area contributed by atoms with Crippen LogP contribution in [0.3, 0.4) is 0 Å². The molecule has 0 atom stereocenters. The summed E-state index contributed by atoms with van der Waals surface area (Å²) < 4.78 is 25.6. The van der Waals surface area contributed by atoms with Gasteiger partial charge in [0.1, 0.15) is 11.0 Å². The molecule has 1 rings (SSSR count). The molecule has 0 aliphatic heterocycles. The summed E-state index contributed by atoms with van der Waals surface area (Å²) in [6.45, 7) is 3.19. The fourth-order valence-corrected chi connectivity index (χ4v) is 2.57. The minimum Gasteiger partial charge on any atom is -0.274 e. The van der Waals surface area contributed by atoms with Crippen molar-refractivity contribution < 1.29 is 13.2 Å². The quantitative estimate of drug-likeness (QED) is 0.872. The van der Waals surface area contributed by atoms with E-state index in [0.717, 1.165) is 0 Å². The predicted octanol–water partition coefficient (Wildman–Crippen LogP) is 1.08. The SMILES string of the molecule is CCC(=O)NS(=O)(=O)c1cccc(C)c1C#N. The molecule has 17 heavy (non-hydrogen) atoms. The Morgan fingerprint density at radius 1 is 1.47 bits per heavy atom. The van der Waals surface area contributed by atoms with Crippen molar-refractivity contribution in [2.24, 2.45) is 0 Å². The van der Waals surface area contributed by atoms with Crippen LogP contribution in [0, 0.1) is 18.3 Å². The first-order valence-corrected chi connectivity index (χ1v) is 6.46. The summed E-state index contributed by atoms with van der Waals surface area (Å²) in [5, 5.41) is 8.93. The highest BCUT2D eigenvalue weighted by molar-refractivity contribution is 7.90. The molecule has 0 heterocycles. The summed E-state index contributed by atoms with van der Waals surface area (Å²) in [7, 11) is -3.96. The molecular formula is C11H12N2O3S. The molecule has 0 saturated carbocycles. The third-order valence-electron chi connectivity index (χ3n) is 2.21. The lowest BCUT2D eigenvalue weighted by Gasteiger charge is -2.08. The molecule has 0 fully saturated rings. The monoisotopic (exact) mass is 252 g/mol. The van der Waals surface area contributed by atoms with Crippen molar-refractivity contribution >= 4 is 15.9 Å². The van der Waals surface area contributed by atoms with Crippen LogP contribution >= 0.6 is 0 Å². The number of carbonyl (C=O) groups excluding carboxylic acids is 1. The number of hydrogen-bond donors (Lipinski definition) is 1. The second kappa shape index (κ2) is 4.97. The van der Waals surface area contributed by atoms with Crippen LogP contribution in [-0.4, -0.2) is 14.3 Å². The lowest BCUT2D eigenvalue weighted by Crippen LogP contribution is -2.30. The molecule has 5 nitrogen and oxygen atoms in total. The Kier molecular flexibility index (Phi) is 3.86. The molecule has 0 unspecified atom stereocenters. The topological polar surface area (TPSA) is 87.0 Å². The number of sulfonamides is 1. The van der Waals surface area contributed by atoms with E-state index in [-0.39, 0.29) is 16.9 Å². The zero-order chi connectivity index (χ0) is 13.1. The van der Waals surface area contributed by atoms with Crippen LogP contribution < -0.4 is 4.72 Å². The average Bonchev–Trinajstić information content (AvgIpc) is 2.28. The molecule has 0 aromatic heterocycles. The Morgan fingerprint density at radius 2 is 2.12 bits per heavy atom. The van der Waals surface area contributed by atoms with Gasteiger partial charge >= 0.3 is 0 Å². The highest BCUT2D eigenvalue weighted by Gasteiger charge is 2.21. The van der Waals surface area contributed by atoms with Gasteiger partial charge in [0, 0.05) is 6.42 Å².